The molecular weight excluding hydrogens is 732 g/mol. The van der Waals surface area contributed by atoms with E-state index in [4.69, 9.17) is 8.85 Å². The quantitative estimate of drug-likeness (QED) is 0.0367. The third-order valence-electron chi connectivity index (χ3n) is 13.2. The van der Waals surface area contributed by atoms with Crippen LogP contribution in [0, 0.1) is 0 Å². The van der Waals surface area contributed by atoms with Crippen LogP contribution in [0.2, 0.25) is 36.3 Å². The normalized spacial score (nSPS) is 14.0. The first-order valence-electron chi connectivity index (χ1n) is 22.5. The van der Waals surface area contributed by atoms with Crippen LogP contribution < -0.4 is 15.9 Å². The minimum Gasteiger partial charge on any atom is -0.417 e. The van der Waals surface area contributed by atoms with E-state index >= 15 is 0 Å². The summed E-state index contributed by atoms with van der Waals surface area (Å²) in [6.07, 6.45) is 20.2. The fourth-order valence-corrected chi connectivity index (χ4v) is 13.8. The highest BCUT2D eigenvalue weighted by molar-refractivity contribution is 7.95. The van der Waals surface area contributed by atoms with Crippen molar-refractivity contribution in [1.29, 1.82) is 0 Å². The minimum absolute atomic E-state index is 0.218. The van der Waals surface area contributed by atoms with Crippen molar-refractivity contribution in [1.82, 2.24) is 0 Å². The fourth-order valence-electron chi connectivity index (χ4n) is 7.34. The molecule has 0 saturated carbocycles. The Bertz CT molecular complexity index is 1510. The SMILES string of the molecule is CCCCCCC/C(=C/CCO[Si](C)(C)C(C)(C)C)CCCCCC(C)c1cccc([P+](CCCO[Si](C)(C)C(C)(C)C)(c2ccccc2)c2ccccc2)c1. The van der Waals surface area contributed by atoms with Crippen molar-refractivity contribution in [3.63, 3.8) is 0 Å². The molecule has 0 amide bonds. The first-order valence-corrected chi connectivity index (χ1v) is 30.3. The standard InChI is InChI=1S/C51H84O2PSi2/c1-13-14-15-16-21-31-45(33-28-40-52-55(9,10)50(3,4)5)32-22-17-20-30-44(2)46-34-27-39-49(43-46)54(47-35-23-18-24-36-47,48-37-25-19-26-38-48)42-29-41-53-56(11,12)51(6,7)8/h18-19,23-27,33-39,43-44H,13-17,20-22,28-32,40-42H2,1-12H3/q+1/b45-33-. The van der Waals surface area contributed by atoms with Gasteiger partial charge in [0.2, 0.25) is 0 Å². The zero-order chi connectivity index (χ0) is 41.3. The number of rotatable bonds is 25. The molecule has 0 N–H and O–H groups in total. The van der Waals surface area contributed by atoms with Crippen LogP contribution in [-0.2, 0) is 8.85 Å². The predicted molar refractivity (Wildman–Crippen MR) is 259 cm³/mol. The smallest absolute Gasteiger partial charge is 0.191 e. The summed E-state index contributed by atoms with van der Waals surface area (Å²) in [6, 6.07) is 32.6. The lowest BCUT2D eigenvalue weighted by Gasteiger charge is -2.36. The molecule has 5 heteroatoms. The van der Waals surface area contributed by atoms with Gasteiger partial charge in [-0.15, -0.1) is 0 Å². The van der Waals surface area contributed by atoms with Crippen molar-refractivity contribution >= 4 is 39.8 Å². The Morgan fingerprint density at radius 2 is 1.11 bits per heavy atom. The van der Waals surface area contributed by atoms with Gasteiger partial charge in [-0.05, 0) is 123 Å². The van der Waals surface area contributed by atoms with Gasteiger partial charge in [0.25, 0.3) is 0 Å². The van der Waals surface area contributed by atoms with E-state index in [0.29, 0.717) is 5.92 Å². The molecule has 0 aromatic heterocycles. The summed E-state index contributed by atoms with van der Waals surface area (Å²) in [5.74, 6) is 0.534. The van der Waals surface area contributed by atoms with E-state index < -0.39 is 23.9 Å². The fraction of sp³-hybridized carbons (Fsp3) is 0.608. The van der Waals surface area contributed by atoms with Crippen LogP contribution in [0.25, 0.3) is 0 Å². The van der Waals surface area contributed by atoms with Gasteiger partial charge in [0.05, 0.1) is 6.16 Å². The van der Waals surface area contributed by atoms with Crippen LogP contribution >= 0.6 is 7.26 Å². The minimum atomic E-state index is -1.91. The number of hydrogen-bond acceptors (Lipinski definition) is 2. The van der Waals surface area contributed by atoms with Gasteiger partial charge in [0, 0.05) is 19.6 Å². The van der Waals surface area contributed by atoms with E-state index in [1.165, 1.54) is 92.1 Å². The first kappa shape index (κ1) is 48.6. The third-order valence-corrected chi connectivity index (χ3v) is 26.8. The summed E-state index contributed by atoms with van der Waals surface area (Å²) in [6.45, 7) is 30.0. The largest absolute Gasteiger partial charge is 0.417 e. The Balaban J connectivity index is 1.72. The number of hydrogen-bond donors (Lipinski definition) is 0. The molecule has 0 heterocycles. The van der Waals surface area contributed by atoms with Crippen molar-refractivity contribution in [3.05, 3.63) is 102 Å². The van der Waals surface area contributed by atoms with Gasteiger partial charge in [-0.3, -0.25) is 0 Å². The molecule has 3 aromatic carbocycles. The van der Waals surface area contributed by atoms with Crippen molar-refractivity contribution in [2.24, 2.45) is 0 Å². The molecule has 0 aliphatic carbocycles. The molecule has 312 valence electrons. The molecule has 0 aliphatic heterocycles. The highest BCUT2D eigenvalue weighted by Crippen LogP contribution is 2.56. The monoisotopic (exact) mass is 816 g/mol. The molecule has 0 fully saturated rings. The molecule has 0 saturated heterocycles. The molecule has 1 atom stereocenters. The highest BCUT2D eigenvalue weighted by Gasteiger charge is 2.45. The third kappa shape index (κ3) is 14.8. The van der Waals surface area contributed by atoms with Crippen LogP contribution in [0.3, 0.4) is 0 Å². The first-order chi connectivity index (χ1) is 26.4. The molecule has 0 bridgehead atoms. The van der Waals surface area contributed by atoms with Crippen molar-refractivity contribution in [3.8, 4) is 0 Å². The average molecular weight is 816 g/mol. The number of benzene rings is 3. The Morgan fingerprint density at radius 1 is 0.607 bits per heavy atom. The van der Waals surface area contributed by atoms with Crippen molar-refractivity contribution in [2.75, 3.05) is 19.4 Å². The van der Waals surface area contributed by atoms with E-state index in [1.807, 2.05) is 0 Å². The average Bonchev–Trinajstić information content (AvgIpc) is 3.16. The Morgan fingerprint density at radius 3 is 1.64 bits per heavy atom. The molecule has 0 aliphatic rings. The summed E-state index contributed by atoms with van der Waals surface area (Å²) in [4.78, 5) is 0. The van der Waals surface area contributed by atoms with Gasteiger partial charge in [-0.1, -0.05) is 154 Å². The molecule has 3 aromatic rings. The summed E-state index contributed by atoms with van der Waals surface area (Å²) >= 11 is 0. The second-order valence-corrected chi connectivity index (χ2v) is 32.9. The van der Waals surface area contributed by atoms with Gasteiger partial charge in [0.15, 0.2) is 16.6 Å². The van der Waals surface area contributed by atoms with E-state index in [0.717, 1.165) is 32.2 Å². The molecule has 2 nitrogen and oxygen atoms in total. The van der Waals surface area contributed by atoms with Gasteiger partial charge in [0.1, 0.15) is 23.2 Å². The van der Waals surface area contributed by atoms with Crippen molar-refractivity contribution in [2.45, 2.75) is 181 Å². The second-order valence-electron chi connectivity index (χ2n) is 19.7. The van der Waals surface area contributed by atoms with Crippen LogP contribution in [0.5, 0.6) is 0 Å². The highest BCUT2D eigenvalue weighted by atomic mass is 31.2. The Labute approximate surface area is 349 Å². The molecule has 0 spiro atoms. The van der Waals surface area contributed by atoms with E-state index in [2.05, 4.69) is 173 Å². The van der Waals surface area contributed by atoms with Crippen LogP contribution in [0.1, 0.15) is 150 Å². The van der Waals surface area contributed by atoms with Crippen molar-refractivity contribution < 1.29 is 8.85 Å². The van der Waals surface area contributed by atoms with Crippen LogP contribution in [0.15, 0.2) is 96.6 Å². The molecule has 1 unspecified atom stereocenters. The molecule has 3 rings (SSSR count). The van der Waals surface area contributed by atoms with Gasteiger partial charge >= 0.3 is 0 Å². The maximum atomic E-state index is 6.77. The topological polar surface area (TPSA) is 18.5 Å². The summed E-state index contributed by atoms with van der Waals surface area (Å²) in [7, 11) is -5.42. The maximum absolute atomic E-state index is 6.77. The maximum Gasteiger partial charge on any atom is 0.191 e. The lowest BCUT2D eigenvalue weighted by Crippen LogP contribution is -2.41. The summed E-state index contributed by atoms with van der Waals surface area (Å²) < 4.78 is 13.3. The Hall–Kier alpha value is -1.82. The number of allylic oxidation sites excluding steroid dienone is 1. The zero-order valence-electron chi connectivity index (χ0n) is 38.3. The second kappa shape index (κ2) is 23.1. The van der Waals surface area contributed by atoms with Crippen LogP contribution in [-0.4, -0.2) is 36.0 Å². The van der Waals surface area contributed by atoms with E-state index in [-0.39, 0.29) is 10.1 Å². The van der Waals surface area contributed by atoms with E-state index in [9.17, 15) is 0 Å². The summed E-state index contributed by atoms with van der Waals surface area (Å²) in [5, 5.41) is 4.95. The molecule has 0 radical (unpaired) electrons. The predicted octanol–water partition coefficient (Wildman–Crippen LogP) is 15.1. The summed E-state index contributed by atoms with van der Waals surface area (Å²) in [5.41, 5.74) is 3.17. The Kier molecular flexibility index (Phi) is 20.0. The lowest BCUT2D eigenvalue weighted by atomic mass is 9.94. The van der Waals surface area contributed by atoms with Gasteiger partial charge in [-0.25, -0.2) is 0 Å². The van der Waals surface area contributed by atoms with E-state index in [1.54, 1.807) is 5.57 Å². The van der Waals surface area contributed by atoms with Crippen LogP contribution in [0.4, 0.5) is 0 Å². The zero-order valence-corrected chi connectivity index (χ0v) is 41.2. The lowest BCUT2D eigenvalue weighted by molar-refractivity contribution is 0.289. The van der Waals surface area contributed by atoms with Gasteiger partial charge in [-0.2, -0.15) is 0 Å². The molecular formula is C51H84O2PSi2+. The number of unbranched alkanes of at least 4 members (excludes halogenated alkanes) is 6. The molecule has 56 heavy (non-hydrogen) atoms. The van der Waals surface area contributed by atoms with Gasteiger partial charge < -0.3 is 8.85 Å².